The molecule has 136 valence electrons. The van der Waals surface area contributed by atoms with Gasteiger partial charge in [0.15, 0.2) is 0 Å². The molecule has 0 radical (unpaired) electrons. The van der Waals surface area contributed by atoms with Crippen LogP contribution in [0.1, 0.15) is 15.4 Å². The molecule has 7 heteroatoms. The molecule has 0 saturated carbocycles. The molecule has 0 unspecified atom stereocenters. The second kappa shape index (κ2) is 7.59. The molecule has 4 aromatic rings. The maximum absolute atomic E-state index is 13.1. The molecular formula is C20H16FN3O2S. The molecule has 3 heterocycles. The van der Waals surface area contributed by atoms with E-state index in [9.17, 15) is 9.18 Å². The average molecular weight is 381 g/mol. The highest BCUT2D eigenvalue weighted by Crippen LogP contribution is 2.26. The molecule has 2 N–H and O–H groups in total. The van der Waals surface area contributed by atoms with Gasteiger partial charge in [0.1, 0.15) is 22.9 Å². The second-order valence-electron chi connectivity index (χ2n) is 5.91. The van der Waals surface area contributed by atoms with E-state index in [1.807, 2.05) is 17.5 Å². The summed E-state index contributed by atoms with van der Waals surface area (Å²) in [6.07, 6.45) is 2.31. The van der Waals surface area contributed by atoms with Crippen LogP contribution in [-0.4, -0.2) is 17.4 Å². The summed E-state index contributed by atoms with van der Waals surface area (Å²) in [5, 5.41) is 8.75. The lowest BCUT2D eigenvalue weighted by atomic mass is 10.2. The zero-order valence-electron chi connectivity index (χ0n) is 14.2. The first-order valence-electron chi connectivity index (χ1n) is 8.40. The average Bonchev–Trinajstić information content (AvgIpc) is 3.35. The number of fused-ring (bicyclic) bond motifs is 1. The molecule has 27 heavy (non-hydrogen) atoms. The molecule has 0 aliphatic carbocycles. The summed E-state index contributed by atoms with van der Waals surface area (Å²) in [7, 11) is 0. The van der Waals surface area contributed by atoms with Crippen molar-refractivity contribution < 1.29 is 13.6 Å². The maximum atomic E-state index is 13.1. The summed E-state index contributed by atoms with van der Waals surface area (Å²) < 4.78 is 18.6. The van der Waals surface area contributed by atoms with E-state index in [0.717, 1.165) is 11.8 Å². The molecule has 0 aliphatic heterocycles. The number of furan rings is 1. The molecule has 0 fully saturated rings. The summed E-state index contributed by atoms with van der Waals surface area (Å²) in [5.41, 5.74) is 1.48. The zero-order chi connectivity index (χ0) is 18.6. The molecule has 4 rings (SSSR count). The number of nitrogens with one attached hydrogen (secondary N) is 2. The highest BCUT2D eigenvalue weighted by atomic mass is 32.1. The van der Waals surface area contributed by atoms with Crippen molar-refractivity contribution in [3.8, 4) is 0 Å². The van der Waals surface area contributed by atoms with Gasteiger partial charge in [0.2, 0.25) is 0 Å². The fourth-order valence-corrected chi connectivity index (χ4v) is 3.40. The van der Waals surface area contributed by atoms with Gasteiger partial charge in [0.05, 0.1) is 11.6 Å². The Bertz CT molecular complexity index is 1060. The van der Waals surface area contributed by atoms with Gasteiger partial charge < -0.3 is 15.1 Å². The first-order chi connectivity index (χ1) is 13.2. The second-order valence-corrected chi connectivity index (χ2v) is 6.94. The number of nitrogens with zero attached hydrogens (tertiary/aromatic N) is 1. The van der Waals surface area contributed by atoms with Crippen LogP contribution in [0.25, 0.3) is 11.0 Å². The summed E-state index contributed by atoms with van der Waals surface area (Å²) in [4.78, 5) is 18.1. The standard InChI is InChI=1S/C20H16FN3O2S/c21-13-3-5-14(6-4-13)23-19-16-8-10-26-18(16)12-17(24-19)20(25)22-9-7-15-2-1-11-27-15/h1-6,8,10-12H,7,9H2,(H,22,25)(H,23,24). The van der Waals surface area contributed by atoms with Crippen molar-refractivity contribution in [3.05, 3.63) is 76.6 Å². The number of amides is 1. The maximum Gasteiger partial charge on any atom is 0.270 e. The van der Waals surface area contributed by atoms with Crippen LogP contribution in [0.15, 0.2) is 64.6 Å². The molecule has 5 nitrogen and oxygen atoms in total. The minimum atomic E-state index is -0.319. The van der Waals surface area contributed by atoms with Crippen LogP contribution in [0.2, 0.25) is 0 Å². The summed E-state index contributed by atoms with van der Waals surface area (Å²) in [6.45, 7) is 0.526. The predicted molar refractivity (Wildman–Crippen MR) is 104 cm³/mol. The lowest BCUT2D eigenvalue weighted by Gasteiger charge is -2.09. The van der Waals surface area contributed by atoms with Gasteiger partial charge >= 0.3 is 0 Å². The van der Waals surface area contributed by atoms with E-state index < -0.39 is 0 Å². The van der Waals surface area contributed by atoms with Crippen LogP contribution in [0.4, 0.5) is 15.9 Å². The topological polar surface area (TPSA) is 67.2 Å². The first-order valence-corrected chi connectivity index (χ1v) is 9.28. The number of hydrogen-bond donors (Lipinski definition) is 2. The van der Waals surface area contributed by atoms with Crippen LogP contribution in [-0.2, 0) is 6.42 Å². The van der Waals surface area contributed by atoms with Crippen molar-refractivity contribution in [2.45, 2.75) is 6.42 Å². The van der Waals surface area contributed by atoms with E-state index >= 15 is 0 Å². The van der Waals surface area contributed by atoms with E-state index in [-0.39, 0.29) is 17.4 Å². The molecule has 1 amide bonds. The van der Waals surface area contributed by atoms with Gasteiger partial charge in [-0.05, 0) is 48.2 Å². The van der Waals surface area contributed by atoms with E-state index in [0.29, 0.717) is 23.6 Å². The Morgan fingerprint density at radius 2 is 2.04 bits per heavy atom. The number of thiophene rings is 1. The van der Waals surface area contributed by atoms with Crippen LogP contribution in [0.5, 0.6) is 0 Å². The van der Waals surface area contributed by atoms with Gasteiger partial charge in [-0.2, -0.15) is 0 Å². The Morgan fingerprint density at radius 1 is 1.19 bits per heavy atom. The lowest BCUT2D eigenvalue weighted by molar-refractivity contribution is 0.0949. The SMILES string of the molecule is O=C(NCCc1cccs1)c1cc2occc2c(Nc2ccc(F)cc2)n1. The number of carbonyl (C=O) groups excluding carboxylic acids is 1. The fraction of sp³-hybridized carbons (Fsp3) is 0.100. The smallest absolute Gasteiger partial charge is 0.270 e. The molecule has 0 bridgehead atoms. The first kappa shape index (κ1) is 17.2. The van der Waals surface area contributed by atoms with E-state index in [1.54, 1.807) is 41.9 Å². The highest BCUT2D eigenvalue weighted by molar-refractivity contribution is 7.09. The van der Waals surface area contributed by atoms with Crippen molar-refractivity contribution in [3.63, 3.8) is 0 Å². The van der Waals surface area contributed by atoms with Gasteiger partial charge in [-0.3, -0.25) is 4.79 Å². The number of pyridine rings is 1. The molecule has 1 aromatic carbocycles. The number of anilines is 2. The summed E-state index contributed by atoms with van der Waals surface area (Å²) in [5.74, 6) is -0.107. The van der Waals surface area contributed by atoms with Crippen molar-refractivity contribution in [2.24, 2.45) is 0 Å². The van der Waals surface area contributed by atoms with Crippen LogP contribution >= 0.6 is 11.3 Å². The number of hydrogen-bond acceptors (Lipinski definition) is 5. The largest absolute Gasteiger partial charge is 0.464 e. The van der Waals surface area contributed by atoms with Crippen molar-refractivity contribution >= 4 is 39.7 Å². The minimum Gasteiger partial charge on any atom is -0.464 e. The quantitative estimate of drug-likeness (QED) is 0.506. The summed E-state index contributed by atoms with van der Waals surface area (Å²) in [6, 6.07) is 13.3. The molecule has 0 saturated heterocycles. The van der Waals surface area contributed by atoms with E-state index in [4.69, 9.17) is 4.42 Å². The Kier molecular flexibility index (Phi) is 4.84. The molecule has 0 atom stereocenters. The van der Waals surface area contributed by atoms with Gasteiger partial charge in [0.25, 0.3) is 5.91 Å². The normalized spacial score (nSPS) is 10.9. The number of halogens is 1. The number of rotatable bonds is 6. The molecule has 0 spiro atoms. The number of carbonyl (C=O) groups is 1. The highest BCUT2D eigenvalue weighted by Gasteiger charge is 2.14. The molecular weight excluding hydrogens is 365 g/mol. The lowest BCUT2D eigenvalue weighted by Crippen LogP contribution is -2.26. The van der Waals surface area contributed by atoms with Crippen LogP contribution in [0.3, 0.4) is 0 Å². The van der Waals surface area contributed by atoms with Gasteiger partial charge in [-0.25, -0.2) is 9.37 Å². The fourth-order valence-electron chi connectivity index (χ4n) is 2.69. The minimum absolute atomic E-state index is 0.258. The molecule has 0 aliphatic rings. The van der Waals surface area contributed by atoms with E-state index in [2.05, 4.69) is 15.6 Å². The summed E-state index contributed by atoms with van der Waals surface area (Å²) >= 11 is 1.66. The van der Waals surface area contributed by atoms with Crippen molar-refractivity contribution in [2.75, 3.05) is 11.9 Å². The third-order valence-electron chi connectivity index (χ3n) is 4.03. The van der Waals surface area contributed by atoms with Gasteiger partial charge in [-0.1, -0.05) is 6.07 Å². The van der Waals surface area contributed by atoms with Crippen LogP contribution < -0.4 is 10.6 Å². The Hall–Kier alpha value is -3.19. The van der Waals surface area contributed by atoms with Gasteiger partial charge in [-0.15, -0.1) is 11.3 Å². The third kappa shape index (κ3) is 3.98. The van der Waals surface area contributed by atoms with Gasteiger partial charge in [0, 0.05) is 23.2 Å². The van der Waals surface area contributed by atoms with Crippen molar-refractivity contribution in [1.29, 1.82) is 0 Å². The Balaban J connectivity index is 1.54. The predicted octanol–water partition coefficient (Wildman–Crippen LogP) is 4.74. The van der Waals surface area contributed by atoms with E-state index in [1.165, 1.54) is 17.0 Å². The number of aromatic nitrogens is 1. The Morgan fingerprint density at radius 3 is 2.81 bits per heavy atom. The number of benzene rings is 1. The molecule has 3 aromatic heterocycles. The Labute approximate surface area is 158 Å². The zero-order valence-corrected chi connectivity index (χ0v) is 15.1. The van der Waals surface area contributed by atoms with Crippen LogP contribution in [0, 0.1) is 5.82 Å². The third-order valence-corrected chi connectivity index (χ3v) is 4.96. The van der Waals surface area contributed by atoms with Crippen molar-refractivity contribution in [1.82, 2.24) is 10.3 Å². The monoisotopic (exact) mass is 381 g/mol.